The summed E-state index contributed by atoms with van der Waals surface area (Å²) in [5.74, 6) is 0.287. The summed E-state index contributed by atoms with van der Waals surface area (Å²) >= 11 is 6.15. The van der Waals surface area contributed by atoms with E-state index in [2.05, 4.69) is 46.2 Å². The number of nitrogens with zero attached hydrogens (tertiary/aromatic N) is 4. The molecular formula is C43H47ClN4O6. The van der Waals surface area contributed by atoms with Gasteiger partial charge in [-0.3, -0.25) is 14.3 Å². The lowest BCUT2D eigenvalue weighted by atomic mass is 9.99. The maximum absolute atomic E-state index is 13.2. The van der Waals surface area contributed by atoms with Crippen LogP contribution in [-0.4, -0.2) is 85.3 Å². The molecular weight excluding hydrogens is 704 g/mol. The minimum Gasteiger partial charge on any atom is -0.465 e. The standard InChI is InChI=1S/C43H47ClN4O6/c1-43(2,3)54-42(51)48-28-31(13-20-40(49)45(4)5)37-26-34(17-19-38(37)48)53-39-25-33(16-18-36(39)41(50)52-6)47-23-21-46(22-24-47)27-30-9-7-8-10-35(30)29-11-14-32(44)15-12-29/h7-12,14-19,25-26,28H,13,20-24,27H2,1-6H3. The maximum atomic E-state index is 13.2. The highest BCUT2D eigenvalue weighted by Gasteiger charge is 2.24. The summed E-state index contributed by atoms with van der Waals surface area (Å²) in [5.41, 5.74) is 5.56. The summed E-state index contributed by atoms with van der Waals surface area (Å²) in [5, 5.41) is 1.46. The van der Waals surface area contributed by atoms with Gasteiger partial charge in [-0.15, -0.1) is 0 Å². The number of piperazine rings is 1. The van der Waals surface area contributed by atoms with Gasteiger partial charge in [0.2, 0.25) is 5.91 Å². The van der Waals surface area contributed by atoms with Crippen LogP contribution >= 0.6 is 11.6 Å². The van der Waals surface area contributed by atoms with Crippen molar-refractivity contribution >= 4 is 46.2 Å². The Morgan fingerprint density at radius 2 is 1.57 bits per heavy atom. The zero-order chi connectivity index (χ0) is 38.6. The SMILES string of the molecule is COC(=O)c1ccc(N2CCN(Cc3ccccc3-c3ccc(Cl)cc3)CC2)cc1Oc1ccc2c(c1)c(CCC(=O)N(C)C)cn2C(=O)OC(C)(C)C. The van der Waals surface area contributed by atoms with Crippen molar-refractivity contribution in [2.75, 3.05) is 52.3 Å². The summed E-state index contributed by atoms with van der Waals surface area (Å²) in [6.07, 6.45) is 1.89. The average molecular weight is 751 g/mol. The van der Waals surface area contributed by atoms with Crippen LogP contribution in [0.1, 0.15) is 48.7 Å². The number of carbonyl (C=O) groups excluding carboxylic acids is 3. The first kappa shape index (κ1) is 38.4. The molecule has 0 aliphatic carbocycles. The van der Waals surface area contributed by atoms with E-state index in [0.29, 0.717) is 29.0 Å². The molecule has 4 aromatic carbocycles. The number of amides is 1. The average Bonchev–Trinajstić information content (AvgIpc) is 3.51. The van der Waals surface area contributed by atoms with Crippen molar-refractivity contribution in [3.05, 3.63) is 113 Å². The molecule has 2 heterocycles. The lowest BCUT2D eigenvalue weighted by Crippen LogP contribution is -2.46. The van der Waals surface area contributed by atoms with Crippen LogP contribution in [-0.2, 0) is 27.2 Å². The Balaban J connectivity index is 1.23. The Labute approximate surface area is 321 Å². The summed E-state index contributed by atoms with van der Waals surface area (Å²) < 4.78 is 18.7. The molecule has 1 amide bonds. The molecule has 10 nitrogen and oxygen atoms in total. The van der Waals surface area contributed by atoms with Gasteiger partial charge in [-0.1, -0.05) is 48.0 Å². The summed E-state index contributed by atoms with van der Waals surface area (Å²) in [6, 6.07) is 27.4. The Bertz CT molecular complexity index is 2150. The molecule has 0 atom stereocenters. The monoisotopic (exact) mass is 750 g/mol. The van der Waals surface area contributed by atoms with E-state index in [1.165, 1.54) is 22.8 Å². The number of fused-ring (bicyclic) bond motifs is 1. The number of esters is 1. The largest absolute Gasteiger partial charge is 0.465 e. The first-order valence-corrected chi connectivity index (χ1v) is 18.5. The highest BCUT2D eigenvalue weighted by Crippen LogP contribution is 2.35. The summed E-state index contributed by atoms with van der Waals surface area (Å²) in [7, 11) is 4.78. The van der Waals surface area contributed by atoms with Gasteiger partial charge in [0.05, 0.1) is 12.6 Å². The van der Waals surface area contributed by atoms with Gasteiger partial charge >= 0.3 is 12.1 Å². The van der Waals surface area contributed by atoms with Gasteiger partial charge in [-0.2, -0.15) is 0 Å². The molecule has 6 rings (SSSR count). The predicted octanol–water partition coefficient (Wildman–Crippen LogP) is 8.67. The number of halogens is 1. The van der Waals surface area contributed by atoms with Crippen molar-refractivity contribution in [2.24, 2.45) is 0 Å². The number of benzene rings is 4. The molecule has 1 fully saturated rings. The molecule has 0 N–H and O–H groups in total. The second-order valence-corrected chi connectivity index (χ2v) is 15.1. The number of carbonyl (C=O) groups is 3. The zero-order valence-corrected chi connectivity index (χ0v) is 32.5. The quantitative estimate of drug-likeness (QED) is 0.131. The first-order valence-electron chi connectivity index (χ1n) is 18.1. The third-order valence-corrected chi connectivity index (χ3v) is 9.71. The first-order chi connectivity index (χ1) is 25.8. The van der Waals surface area contributed by atoms with Crippen molar-refractivity contribution in [2.45, 2.75) is 45.8 Å². The van der Waals surface area contributed by atoms with Crippen LogP contribution in [0, 0.1) is 0 Å². The molecule has 282 valence electrons. The van der Waals surface area contributed by atoms with Gasteiger partial charge < -0.3 is 24.0 Å². The fraction of sp³-hybridized carbons (Fsp3) is 0.326. The third-order valence-electron chi connectivity index (χ3n) is 9.46. The zero-order valence-electron chi connectivity index (χ0n) is 31.7. The Morgan fingerprint density at radius 1 is 0.852 bits per heavy atom. The predicted molar refractivity (Wildman–Crippen MR) is 213 cm³/mol. The minimum atomic E-state index is -0.691. The molecule has 1 saturated heterocycles. The van der Waals surface area contributed by atoms with Crippen molar-refractivity contribution in [1.82, 2.24) is 14.4 Å². The van der Waals surface area contributed by atoms with Gasteiger partial charge in [-0.05, 0) is 91.9 Å². The molecule has 0 radical (unpaired) electrons. The highest BCUT2D eigenvalue weighted by atomic mass is 35.5. The molecule has 0 bridgehead atoms. The fourth-order valence-corrected chi connectivity index (χ4v) is 6.77. The number of ether oxygens (including phenoxy) is 3. The van der Waals surface area contributed by atoms with Crippen LogP contribution in [0.4, 0.5) is 10.5 Å². The van der Waals surface area contributed by atoms with Crippen LogP contribution in [0.15, 0.2) is 91.1 Å². The van der Waals surface area contributed by atoms with E-state index in [-0.39, 0.29) is 12.3 Å². The smallest absolute Gasteiger partial charge is 0.419 e. The Hall–Kier alpha value is -5.32. The van der Waals surface area contributed by atoms with Gasteiger partial charge in [0.1, 0.15) is 22.7 Å². The van der Waals surface area contributed by atoms with Crippen LogP contribution < -0.4 is 9.64 Å². The van der Waals surface area contributed by atoms with E-state index in [1.807, 2.05) is 51.1 Å². The van der Waals surface area contributed by atoms with E-state index in [0.717, 1.165) is 59.9 Å². The van der Waals surface area contributed by atoms with Crippen LogP contribution in [0.5, 0.6) is 11.5 Å². The summed E-state index contributed by atoms with van der Waals surface area (Å²) in [6.45, 7) is 9.56. The molecule has 11 heteroatoms. The lowest BCUT2D eigenvalue weighted by Gasteiger charge is -2.36. The molecule has 5 aromatic rings. The van der Waals surface area contributed by atoms with E-state index in [1.54, 1.807) is 43.4 Å². The molecule has 0 saturated carbocycles. The number of hydrogen-bond acceptors (Lipinski definition) is 8. The lowest BCUT2D eigenvalue weighted by molar-refractivity contribution is -0.128. The maximum Gasteiger partial charge on any atom is 0.419 e. The van der Waals surface area contributed by atoms with Crippen molar-refractivity contribution < 1.29 is 28.6 Å². The van der Waals surface area contributed by atoms with Crippen LogP contribution in [0.2, 0.25) is 5.02 Å². The molecule has 1 aliphatic heterocycles. The van der Waals surface area contributed by atoms with Gasteiger partial charge in [0, 0.05) is 81.6 Å². The third kappa shape index (κ3) is 9.06. The van der Waals surface area contributed by atoms with Crippen molar-refractivity contribution in [3.8, 4) is 22.6 Å². The Morgan fingerprint density at radius 3 is 2.26 bits per heavy atom. The van der Waals surface area contributed by atoms with Crippen molar-refractivity contribution in [3.63, 3.8) is 0 Å². The number of rotatable bonds is 10. The normalized spacial score (nSPS) is 13.5. The fourth-order valence-electron chi connectivity index (χ4n) is 6.64. The minimum absolute atomic E-state index is 0.0244. The topological polar surface area (TPSA) is 93.5 Å². The number of methoxy groups -OCH3 is 1. The number of aromatic nitrogens is 1. The molecule has 0 spiro atoms. The number of hydrogen-bond donors (Lipinski definition) is 0. The van der Waals surface area contributed by atoms with E-state index in [9.17, 15) is 14.4 Å². The van der Waals surface area contributed by atoms with Crippen LogP contribution in [0.3, 0.4) is 0 Å². The Kier molecular flexibility index (Phi) is 11.6. The molecule has 1 aromatic heterocycles. The molecule has 0 unspecified atom stereocenters. The summed E-state index contributed by atoms with van der Waals surface area (Å²) in [4.78, 5) is 44.9. The van der Waals surface area contributed by atoms with Gasteiger partial charge in [0.15, 0.2) is 0 Å². The van der Waals surface area contributed by atoms with Gasteiger partial charge in [-0.25, -0.2) is 9.59 Å². The van der Waals surface area contributed by atoms with Crippen LogP contribution in [0.25, 0.3) is 22.0 Å². The van der Waals surface area contributed by atoms with Gasteiger partial charge in [0.25, 0.3) is 0 Å². The van der Waals surface area contributed by atoms with E-state index >= 15 is 0 Å². The van der Waals surface area contributed by atoms with E-state index < -0.39 is 17.7 Å². The highest BCUT2D eigenvalue weighted by molar-refractivity contribution is 6.30. The second kappa shape index (κ2) is 16.4. The molecule has 54 heavy (non-hydrogen) atoms. The molecule has 1 aliphatic rings. The van der Waals surface area contributed by atoms with Crippen molar-refractivity contribution in [1.29, 1.82) is 0 Å². The second-order valence-electron chi connectivity index (χ2n) is 14.7. The number of aryl methyl sites for hydroxylation is 1. The van der Waals surface area contributed by atoms with E-state index in [4.69, 9.17) is 25.8 Å². The number of anilines is 1.